The molecule has 1 aromatic rings. The first kappa shape index (κ1) is 16.4. The number of aliphatic carboxylic acids is 1. The summed E-state index contributed by atoms with van der Waals surface area (Å²) in [5, 5.41) is 12.4. The molecule has 0 aliphatic carbocycles. The molecule has 0 aromatic carbocycles. The van der Waals surface area contributed by atoms with E-state index in [2.05, 4.69) is 10.3 Å². The topological polar surface area (TPSA) is 82.5 Å². The highest BCUT2D eigenvalue weighted by atomic mass is 32.1. The van der Waals surface area contributed by atoms with Crippen molar-refractivity contribution in [3.8, 4) is 0 Å². The van der Waals surface area contributed by atoms with Gasteiger partial charge in [-0.15, -0.1) is 11.3 Å². The lowest BCUT2D eigenvalue weighted by Gasteiger charge is -2.34. The predicted molar refractivity (Wildman–Crippen MR) is 77.8 cm³/mol. The van der Waals surface area contributed by atoms with E-state index >= 15 is 0 Å². The molecule has 0 fully saturated rings. The average Bonchev–Trinajstić information content (AvgIpc) is 2.79. The van der Waals surface area contributed by atoms with Crippen LogP contribution in [0.1, 0.15) is 37.6 Å². The number of hydrogen-bond donors (Lipinski definition) is 2. The summed E-state index contributed by atoms with van der Waals surface area (Å²) >= 11 is 1.55. The summed E-state index contributed by atoms with van der Waals surface area (Å²) in [6.07, 6.45) is 2.71. The number of carbonyl (C=O) groups excluding carboxylic acids is 1. The number of aryl methyl sites for hydroxylation is 1. The third kappa shape index (κ3) is 4.80. The number of amides is 2. The maximum absolute atomic E-state index is 12.1. The van der Waals surface area contributed by atoms with Crippen LogP contribution in [0.5, 0.6) is 0 Å². The van der Waals surface area contributed by atoms with E-state index in [9.17, 15) is 9.59 Å². The molecule has 0 atom stereocenters. The van der Waals surface area contributed by atoms with Crippen molar-refractivity contribution in [2.45, 2.75) is 46.2 Å². The quantitative estimate of drug-likeness (QED) is 0.872. The third-order valence-electron chi connectivity index (χ3n) is 2.69. The number of carboxylic acids is 1. The fourth-order valence-corrected chi connectivity index (χ4v) is 2.39. The summed E-state index contributed by atoms with van der Waals surface area (Å²) in [5.41, 5.74) is -0.556. The molecule has 2 amide bonds. The smallest absolute Gasteiger partial charge is 0.323 e. The molecule has 0 radical (unpaired) electrons. The molecular weight excluding hydrogens is 278 g/mol. The van der Waals surface area contributed by atoms with Gasteiger partial charge in [-0.25, -0.2) is 9.78 Å². The molecule has 0 spiro atoms. The van der Waals surface area contributed by atoms with Crippen molar-refractivity contribution in [3.63, 3.8) is 0 Å². The first-order chi connectivity index (χ1) is 9.24. The molecule has 0 aliphatic heterocycles. The zero-order valence-corrected chi connectivity index (χ0v) is 13.1. The van der Waals surface area contributed by atoms with Crippen molar-refractivity contribution in [1.82, 2.24) is 15.2 Å². The lowest BCUT2D eigenvalue weighted by atomic mass is 10.1. The second-order valence-electron chi connectivity index (χ2n) is 5.38. The van der Waals surface area contributed by atoms with E-state index < -0.39 is 17.5 Å². The molecule has 112 valence electrons. The van der Waals surface area contributed by atoms with Gasteiger partial charge in [0.15, 0.2) is 0 Å². The van der Waals surface area contributed by atoms with E-state index in [1.165, 1.54) is 4.90 Å². The van der Waals surface area contributed by atoms with Crippen molar-refractivity contribution in [3.05, 3.63) is 16.1 Å². The molecule has 0 bridgehead atoms. The fraction of sp³-hybridized carbons (Fsp3) is 0.615. The lowest BCUT2D eigenvalue weighted by molar-refractivity contribution is -0.138. The standard InChI is InChI=1S/C13H21N3O3S/c1-5-9-6-14-10(20-9)7-15-12(19)16(8-11(17)18)13(2,3)4/h6H,5,7-8H2,1-4H3,(H,15,19)(H,17,18). The van der Waals surface area contributed by atoms with Crippen LogP contribution in [0.15, 0.2) is 6.20 Å². The maximum atomic E-state index is 12.1. The zero-order chi connectivity index (χ0) is 15.3. The van der Waals surface area contributed by atoms with Gasteiger partial charge in [0.05, 0.1) is 6.54 Å². The summed E-state index contributed by atoms with van der Waals surface area (Å²) in [4.78, 5) is 29.6. The minimum atomic E-state index is -1.03. The van der Waals surface area contributed by atoms with E-state index in [4.69, 9.17) is 5.11 Å². The van der Waals surface area contributed by atoms with Crippen LogP contribution in [-0.4, -0.2) is 39.1 Å². The van der Waals surface area contributed by atoms with Crippen LogP contribution in [0.2, 0.25) is 0 Å². The van der Waals surface area contributed by atoms with E-state index in [-0.39, 0.29) is 6.54 Å². The molecule has 1 heterocycles. The van der Waals surface area contributed by atoms with Crippen LogP contribution < -0.4 is 5.32 Å². The summed E-state index contributed by atoms with van der Waals surface area (Å²) in [7, 11) is 0. The van der Waals surface area contributed by atoms with Gasteiger partial charge in [0.25, 0.3) is 0 Å². The SMILES string of the molecule is CCc1cnc(CNC(=O)N(CC(=O)O)C(C)(C)C)s1. The number of hydrogen-bond acceptors (Lipinski definition) is 4. The molecule has 0 unspecified atom stereocenters. The maximum Gasteiger partial charge on any atom is 0.323 e. The summed E-state index contributed by atoms with van der Waals surface area (Å²) in [5.74, 6) is -1.03. The Balaban J connectivity index is 2.64. The van der Waals surface area contributed by atoms with Crippen LogP contribution in [0.25, 0.3) is 0 Å². The highest BCUT2D eigenvalue weighted by molar-refractivity contribution is 7.11. The zero-order valence-electron chi connectivity index (χ0n) is 12.3. The molecule has 2 N–H and O–H groups in total. The lowest BCUT2D eigenvalue weighted by Crippen LogP contribution is -2.52. The number of thiazole rings is 1. The Morgan fingerprint density at radius 1 is 1.45 bits per heavy atom. The minimum Gasteiger partial charge on any atom is -0.480 e. The van der Waals surface area contributed by atoms with Gasteiger partial charge in [-0.05, 0) is 27.2 Å². The van der Waals surface area contributed by atoms with Crippen LogP contribution in [0, 0.1) is 0 Å². The Hall–Kier alpha value is -1.63. The second-order valence-corrected chi connectivity index (χ2v) is 6.58. The fourth-order valence-electron chi connectivity index (χ4n) is 1.59. The van der Waals surface area contributed by atoms with E-state index in [1.54, 1.807) is 38.3 Å². The van der Waals surface area contributed by atoms with E-state index in [1.807, 2.05) is 6.92 Å². The number of carboxylic acid groups (broad SMARTS) is 1. The van der Waals surface area contributed by atoms with Gasteiger partial charge in [-0.1, -0.05) is 6.92 Å². The number of nitrogens with zero attached hydrogens (tertiary/aromatic N) is 2. The molecular formula is C13H21N3O3S. The molecule has 6 nitrogen and oxygen atoms in total. The average molecular weight is 299 g/mol. The van der Waals surface area contributed by atoms with Crippen molar-refractivity contribution < 1.29 is 14.7 Å². The van der Waals surface area contributed by atoms with Gasteiger partial charge in [-0.3, -0.25) is 4.79 Å². The van der Waals surface area contributed by atoms with Gasteiger partial charge in [0, 0.05) is 16.6 Å². The largest absolute Gasteiger partial charge is 0.480 e. The van der Waals surface area contributed by atoms with E-state index in [0.29, 0.717) is 6.54 Å². The monoisotopic (exact) mass is 299 g/mol. The summed E-state index contributed by atoms with van der Waals surface area (Å²) in [6.45, 7) is 7.43. The molecule has 0 saturated heterocycles. The number of aromatic nitrogens is 1. The van der Waals surface area contributed by atoms with E-state index in [0.717, 1.165) is 16.3 Å². The Kier molecular flexibility index (Phi) is 5.50. The van der Waals surface area contributed by atoms with Crippen molar-refractivity contribution in [2.75, 3.05) is 6.54 Å². The van der Waals surface area contributed by atoms with Crippen molar-refractivity contribution in [2.24, 2.45) is 0 Å². The van der Waals surface area contributed by atoms with Crippen LogP contribution in [0.3, 0.4) is 0 Å². The Morgan fingerprint density at radius 3 is 2.55 bits per heavy atom. The van der Waals surface area contributed by atoms with Crippen LogP contribution >= 0.6 is 11.3 Å². The highest BCUT2D eigenvalue weighted by Crippen LogP contribution is 2.15. The van der Waals surface area contributed by atoms with Crippen LogP contribution in [0.4, 0.5) is 4.79 Å². The van der Waals surface area contributed by atoms with Gasteiger partial charge in [-0.2, -0.15) is 0 Å². The first-order valence-electron chi connectivity index (χ1n) is 6.45. The first-order valence-corrected chi connectivity index (χ1v) is 7.26. The van der Waals surface area contributed by atoms with Gasteiger partial charge >= 0.3 is 12.0 Å². The molecule has 0 aliphatic rings. The number of urea groups is 1. The summed E-state index contributed by atoms with van der Waals surface area (Å²) < 4.78 is 0. The molecule has 7 heteroatoms. The van der Waals surface area contributed by atoms with Gasteiger partial charge in [0.1, 0.15) is 11.6 Å². The summed E-state index contributed by atoms with van der Waals surface area (Å²) in [6, 6.07) is -0.395. The minimum absolute atomic E-state index is 0.315. The van der Waals surface area contributed by atoms with Crippen molar-refractivity contribution >= 4 is 23.3 Å². The molecule has 20 heavy (non-hydrogen) atoms. The van der Waals surface area contributed by atoms with Crippen molar-refractivity contribution in [1.29, 1.82) is 0 Å². The van der Waals surface area contributed by atoms with Crippen LogP contribution in [-0.2, 0) is 17.8 Å². The Bertz CT molecular complexity index is 479. The molecule has 0 saturated carbocycles. The number of carbonyl (C=O) groups is 2. The number of nitrogens with one attached hydrogen (secondary N) is 1. The normalized spacial score (nSPS) is 11.2. The molecule has 1 aromatic heterocycles. The second kappa shape index (κ2) is 6.69. The van der Waals surface area contributed by atoms with Gasteiger partial charge in [0.2, 0.25) is 0 Å². The van der Waals surface area contributed by atoms with Gasteiger partial charge < -0.3 is 15.3 Å². The third-order valence-corrected chi connectivity index (χ3v) is 3.83. The Labute approximate surface area is 122 Å². The highest BCUT2D eigenvalue weighted by Gasteiger charge is 2.28. The number of rotatable bonds is 5. The molecule has 1 rings (SSSR count). The Morgan fingerprint density at radius 2 is 2.10 bits per heavy atom. The predicted octanol–water partition coefficient (Wildman–Crippen LogP) is 2.10.